The zero-order chi connectivity index (χ0) is 22.7. The molecule has 1 amide bonds. The molecule has 162 valence electrons. The number of aromatic nitrogens is 2. The molecule has 0 bridgehead atoms. The predicted molar refractivity (Wildman–Crippen MR) is 125 cm³/mol. The molecule has 0 saturated carbocycles. The first-order valence-corrected chi connectivity index (χ1v) is 10.4. The maximum atomic E-state index is 13.8. The van der Waals surface area contributed by atoms with Crippen molar-refractivity contribution in [3.63, 3.8) is 0 Å². The second kappa shape index (κ2) is 6.70. The Kier molecular flexibility index (Phi) is 3.88. The first kappa shape index (κ1) is 19.1. The van der Waals surface area contributed by atoms with Crippen LogP contribution in [0.1, 0.15) is 32.9 Å². The lowest BCUT2D eigenvalue weighted by atomic mass is 9.75. The van der Waals surface area contributed by atoms with Crippen LogP contribution in [0.2, 0.25) is 0 Å². The van der Waals surface area contributed by atoms with Gasteiger partial charge in [-0.05, 0) is 18.2 Å². The van der Waals surface area contributed by atoms with E-state index in [1.54, 1.807) is 36.7 Å². The van der Waals surface area contributed by atoms with Crippen LogP contribution in [0.4, 0.5) is 11.4 Å². The molecule has 1 aromatic heterocycles. The fraction of sp³-hybridized carbons (Fsp3) is 0.0800. The largest absolute Gasteiger partial charge is 0.456 e. The number of hydrogen-bond acceptors (Lipinski definition) is 6. The number of carbonyl (C=O) groups excluding carboxylic acids is 1. The van der Waals surface area contributed by atoms with Crippen molar-refractivity contribution in [1.82, 2.24) is 14.6 Å². The molecule has 0 atom stereocenters. The third kappa shape index (κ3) is 2.54. The van der Waals surface area contributed by atoms with E-state index < -0.39 is 5.54 Å². The molecule has 2 aliphatic rings. The Morgan fingerprint density at radius 1 is 0.970 bits per heavy atom. The van der Waals surface area contributed by atoms with E-state index in [4.69, 9.17) is 21.3 Å². The average molecular weight is 436 g/mol. The van der Waals surface area contributed by atoms with E-state index in [1.165, 1.54) is 5.01 Å². The average Bonchev–Trinajstić information content (AvgIpc) is 3.32. The first-order chi connectivity index (χ1) is 16.0. The van der Waals surface area contributed by atoms with Crippen molar-refractivity contribution in [2.45, 2.75) is 5.54 Å². The van der Waals surface area contributed by atoms with Crippen LogP contribution in [-0.2, 0) is 12.6 Å². The number of imidazole rings is 1. The highest BCUT2D eigenvalue weighted by Gasteiger charge is 2.57. The molecular formula is C25H20N6O2. The number of aryl methyl sites for hydroxylation is 1. The lowest BCUT2D eigenvalue weighted by Gasteiger charge is -2.41. The van der Waals surface area contributed by atoms with Crippen LogP contribution < -0.4 is 16.2 Å². The Bertz CT molecular complexity index is 1420. The van der Waals surface area contributed by atoms with E-state index in [0.717, 1.165) is 16.7 Å². The maximum Gasteiger partial charge on any atom is 0.275 e. The molecule has 33 heavy (non-hydrogen) atoms. The van der Waals surface area contributed by atoms with Crippen LogP contribution >= 0.6 is 0 Å². The second-order valence-electron chi connectivity index (χ2n) is 8.13. The van der Waals surface area contributed by atoms with Crippen LogP contribution in [0.5, 0.6) is 11.5 Å². The van der Waals surface area contributed by atoms with Crippen molar-refractivity contribution in [1.29, 1.82) is 0 Å². The van der Waals surface area contributed by atoms with Gasteiger partial charge >= 0.3 is 0 Å². The fourth-order valence-electron chi connectivity index (χ4n) is 4.74. The van der Waals surface area contributed by atoms with E-state index in [1.807, 2.05) is 54.2 Å². The highest BCUT2D eigenvalue weighted by Crippen LogP contribution is 2.57. The topological polar surface area (TPSA) is 112 Å². The molecule has 0 unspecified atom stereocenters. The van der Waals surface area contributed by atoms with Crippen molar-refractivity contribution < 1.29 is 9.53 Å². The summed E-state index contributed by atoms with van der Waals surface area (Å²) in [5, 5.41) is 6.21. The van der Waals surface area contributed by atoms with Gasteiger partial charge in [-0.1, -0.05) is 30.3 Å². The number of benzene rings is 3. The molecule has 3 aromatic carbocycles. The van der Waals surface area contributed by atoms with E-state index in [9.17, 15) is 4.79 Å². The van der Waals surface area contributed by atoms with Crippen molar-refractivity contribution in [3.8, 4) is 11.5 Å². The number of nitrogen functional groups attached to an aromatic ring is 2. The van der Waals surface area contributed by atoms with Crippen molar-refractivity contribution in [2.24, 2.45) is 12.1 Å². The van der Waals surface area contributed by atoms with Gasteiger partial charge in [0.25, 0.3) is 5.91 Å². The molecule has 1 spiro atoms. The molecular weight excluding hydrogens is 416 g/mol. The summed E-state index contributed by atoms with van der Waals surface area (Å²) < 4.78 is 8.06. The van der Waals surface area contributed by atoms with Gasteiger partial charge in [-0.3, -0.25) is 4.79 Å². The Morgan fingerprint density at radius 3 is 2.27 bits per heavy atom. The zero-order valence-corrected chi connectivity index (χ0v) is 17.8. The number of hydrazone groups is 1. The van der Waals surface area contributed by atoms with Gasteiger partial charge in [0, 0.05) is 65.2 Å². The normalized spacial score (nSPS) is 15.4. The number of hydrogen-bond donors (Lipinski definition) is 2. The van der Waals surface area contributed by atoms with Crippen molar-refractivity contribution in [2.75, 3.05) is 11.5 Å². The lowest BCUT2D eigenvalue weighted by Crippen LogP contribution is -2.44. The Balaban J connectivity index is 1.70. The fourth-order valence-corrected chi connectivity index (χ4v) is 4.74. The van der Waals surface area contributed by atoms with E-state index in [0.29, 0.717) is 34.3 Å². The number of nitrogens with two attached hydrogens (primary N) is 2. The quantitative estimate of drug-likeness (QED) is 0.369. The van der Waals surface area contributed by atoms with E-state index in [2.05, 4.69) is 4.98 Å². The standard InChI is InChI=1S/C25H20N6O2/c1-30-11-10-28-23(30)14-29-31-24(32)17-4-2-3-5-18(17)25(31)19-8-6-15(26)12-21(19)33-22-13-16(27)7-9-20(22)25/h2-14H,26-27H2,1H3/b29-14+. The van der Waals surface area contributed by atoms with Gasteiger partial charge in [0.1, 0.15) is 17.0 Å². The number of anilines is 2. The molecule has 2 aliphatic heterocycles. The predicted octanol–water partition coefficient (Wildman–Crippen LogP) is 3.47. The summed E-state index contributed by atoms with van der Waals surface area (Å²) >= 11 is 0. The monoisotopic (exact) mass is 436 g/mol. The van der Waals surface area contributed by atoms with Crippen LogP contribution in [0.15, 0.2) is 78.2 Å². The maximum absolute atomic E-state index is 13.8. The van der Waals surface area contributed by atoms with Gasteiger partial charge in [-0.2, -0.15) is 5.10 Å². The van der Waals surface area contributed by atoms with Crippen LogP contribution in [0.3, 0.4) is 0 Å². The van der Waals surface area contributed by atoms with E-state index in [-0.39, 0.29) is 5.91 Å². The van der Waals surface area contributed by atoms with Gasteiger partial charge in [-0.25, -0.2) is 9.99 Å². The Morgan fingerprint density at radius 2 is 1.64 bits per heavy atom. The van der Waals surface area contributed by atoms with Gasteiger partial charge in [0.2, 0.25) is 0 Å². The molecule has 4 aromatic rings. The molecule has 0 saturated heterocycles. The summed E-state index contributed by atoms with van der Waals surface area (Å²) in [5.74, 6) is 1.50. The molecule has 0 fully saturated rings. The van der Waals surface area contributed by atoms with Crippen LogP contribution in [0, 0.1) is 0 Å². The number of amides is 1. The summed E-state index contributed by atoms with van der Waals surface area (Å²) in [4.78, 5) is 18.1. The zero-order valence-electron chi connectivity index (χ0n) is 17.8. The summed E-state index contributed by atoms with van der Waals surface area (Å²) in [7, 11) is 1.87. The minimum atomic E-state index is -1.06. The molecule has 0 aliphatic carbocycles. The van der Waals surface area contributed by atoms with Crippen LogP contribution in [-0.4, -0.2) is 26.7 Å². The number of ether oxygens (including phenoxy) is 1. The third-order valence-electron chi connectivity index (χ3n) is 6.22. The SMILES string of the molecule is Cn1ccnc1/C=N/N1C(=O)c2ccccc2C12c1ccc(N)cc1Oc1cc(N)ccc12. The summed E-state index contributed by atoms with van der Waals surface area (Å²) in [6, 6.07) is 18.5. The van der Waals surface area contributed by atoms with Gasteiger partial charge in [0.15, 0.2) is 5.82 Å². The molecule has 8 heteroatoms. The number of rotatable bonds is 2. The molecule has 6 rings (SSSR count). The number of carbonyl (C=O) groups is 1. The summed E-state index contributed by atoms with van der Waals surface area (Å²) in [6.07, 6.45) is 5.10. The van der Waals surface area contributed by atoms with Crippen molar-refractivity contribution in [3.05, 3.63) is 101 Å². The smallest absolute Gasteiger partial charge is 0.275 e. The Labute approximate surface area is 189 Å². The van der Waals surface area contributed by atoms with Crippen molar-refractivity contribution >= 4 is 23.5 Å². The number of fused-ring (bicyclic) bond motifs is 6. The first-order valence-electron chi connectivity index (χ1n) is 10.4. The van der Waals surface area contributed by atoms with Gasteiger partial charge in [0.05, 0.1) is 6.21 Å². The van der Waals surface area contributed by atoms with Crippen LogP contribution in [0.25, 0.3) is 0 Å². The van der Waals surface area contributed by atoms with Gasteiger partial charge < -0.3 is 20.8 Å². The third-order valence-corrected chi connectivity index (χ3v) is 6.22. The number of nitrogens with zero attached hydrogens (tertiary/aromatic N) is 4. The minimum absolute atomic E-state index is 0.219. The second-order valence-corrected chi connectivity index (χ2v) is 8.13. The molecule has 0 radical (unpaired) electrons. The molecule has 8 nitrogen and oxygen atoms in total. The summed E-state index contributed by atoms with van der Waals surface area (Å²) in [5.41, 5.74) is 15.1. The highest BCUT2D eigenvalue weighted by molar-refractivity contribution is 6.02. The minimum Gasteiger partial charge on any atom is -0.456 e. The molecule has 4 N–H and O–H groups in total. The highest BCUT2D eigenvalue weighted by atomic mass is 16.5. The van der Waals surface area contributed by atoms with E-state index >= 15 is 0 Å². The molecule has 3 heterocycles. The van der Waals surface area contributed by atoms with Gasteiger partial charge in [-0.15, -0.1) is 0 Å². The Hall–Kier alpha value is -4.59. The summed E-state index contributed by atoms with van der Waals surface area (Å²) in [6.45, 7) is 0. The lowest BCUT2D eigenvalue weighted by molar-refractivity contribution is 0.0675.